The number of aromatic nitrogens is 1. The van der Waals surface area contributed by atoms with Crippen molar-refractivity contribution in [1.82, 2.24) is 10.3 Å². The number of hydrogen-bond donors (Lipinski definition) is 1. The molecule has 1 N–H and O–H groups in total. The average molecular weight is 303 g/mol. The molecule has 0 fully saturated rings. The minimum absolute atomic E-state index is 0.0179. The van der Waals surface area contributed by atoms with Crippen LogP contribution in [-0.4, -0.2) is 31.5 Å². The van der Waals surface area contributed by atoms with Crippen LogP contribution in [0.25, 0.3) is 0 Å². The molecule has 1 aromatic heterocycles. The van der Waals surface area contributed by atoms with Gasteiger partial charge in [0.05, 0.1) is 5.01 Å². The molecule has 0 aliphatic rings. The van der Waals surface area contributed by atoms with E-state index in [0.717, 1.165) is 29.2 Å². The Morgan fingerprint density at radius 3 is 2.57 bits per heavy atom. The molecule has 2 rings (SSSR count). The normalized spacial score (nSPS) is 10.4. The fourth-order valence-electron chi connectivity index (χ4n) is 1.97. The van der Waals surface area contributed by atoms with Gasteiger partial charge < -0.3 is 10.2 Å². The van der Waals surface area contributed by atoms with Crippen LogP contribution in [0.1, 0.15) is 27.5 Å². The molecule has 0 atom stereocenters. The molecule has 1 amide bonds. The Morgan fingerprint density at radius 1 is 1.29 bits per heavy atom. The van der Waals surface area contributed by atoms with Crippen molar-refractivity contribution in [3.8, 4) is 0 Å². The van der Waals surface area contributed by atoms with Crippen molar-refractivity contribution >= 4 is 22.9 Å². The minimum Gasteiger partial charge on any atom is -0.378 e. The summed E-state index contributed by atoms with van der Waals surface area (Å²) in [6, 6.07) is 7.62. The maximum Gasteiger partial charge on any atom is 0.251 e. The molecule has 4 nitrogen and oxygen atoms in total. The Labute approximate surface area is 129 Å². The molecular weight excluding hydrogens is 282 g/mol. The van der Waals surface area contributed by atoms with Gasteiger partial charge in [-0.05, 0) is 37.6 Å². The maximum absolute atomic E-state index is 12.0. The Kier molecular flexibility index (Phi) is 5.33. The third kappa shape index (κ3) is 4.56. The van der Waals surface area contributed by atoms with Crippen LogP contribution in [0.5, 0.6) is 0 Å². The Balaban J connectivity index is 1.76. The molecular formula is C16H21N3OS. The number of anilines is 1. The zero-order chi connectivity index (χ0) is 15.2. The predicted molar refractivity (Wildman–Crippen MR) is 88.3 cm³/mol. The zero-order valence-corrected chi connectivity index (χ0v) is 13.5. The van der Waals surface area contributed by atoms with E-state index in [2.05, 4.69) is 15.7 Å². The van der Waals surface area contributed by atoms with Gasteiger partial charge in [0.2, 0.25) is 0 Å². The lowest BCUT2D eigenvalue weighted by atomic mass is 10.2. The van der Waals surface area contributed by atoms with E-state index in [9.17, 15) is 4.79 Å². The third-order valence-electron chi connectivity index (χ3n) is 3.17. The minimum atomic E-state index is -0.0179. The summed E-state index contributed by atoms with van der Waals surface area (Å²) >= 11 is 1.68. The van der Waals surface area contributed by atoms with Crippen molar-refractivity contribution in [2.75, 3.05) is 25.5 Å². The van der Waals surface area contributed by atoms with E-state index in [1.165, 1.54) is 0 Å². The van der Waals surface area contributed by atoms with Gasteiger partial charge in [0, 0.05) is 49.4 Å². The Morgan fingerprint density at radius 2 is 2.00 bits per heavy atom. The summed E-state index contributed by atoms with van der Waals surface area (Å²) in [5.74, 6) is -0.0179. The number of nitrogens with one attached hydrogen (secondary N) is 1. The molecule has 0 aliphatic carbocycles. The van der Waals surface area contributed by atoms with Crippen molar-refractivity contribution in [2.24, 2.45) is 0 Å². The number of carbonyl (C=O) groups is 1. The summed E-state index contributed by atoms with van der Waals surface area (Å²) in [5.41, 5.74) is 2.86. The number of aryl methyl sites for hydroxylation is 2. The molecule has 0 saturated carbocycles. The van der Waals surface area contributed by atoms with Crippen LogP contribution in [-0.2, 0) is 6.42 Å². The van der Waals surface area contributed by atoms with Gasteiger partial charge in [-0.2, -0.15) is 0 Å². The molecule has 0 saturated heterocycles. The number of thiazole rings is 1. The highest BCUT2D eigenvalue weighted by molar-refractivity contribution is 7.09. The number of rotatable bonds is 6. The van der Waals surface area contributed by atoms with Gasteiger partial charge in [-0.25, -0.2) is 4.98 Å². The van der Waals surface area contributed by atoms with E-state index in [1.807, 2.05) is 50.2 Å². The summed E-state index contributed by atoms with van der Waals surface area (Å²) in [6.45, 7) is 2.67. The second-order valence-electron chi connectivity index (χ2n) is 5.18. The first-order valence-corrected chi connectivity index (χ1v) is 7.91. The molecule has 2 aromatic rings. The number of amides is 1. The van der Waals surface area contributed by atoms with Crippen molar-refractivity contribution in [2.45, 2.75) is 19.8 Å². The second-order valence-corrected chi connectivity index (χ2v) is 6.13. The number of carbonyl (C=O) groups excluding carboxylic acids is 1. The standard InChI is InChI=1S/C16H21N3OS/c1-12-11-21-15(18-12)5-4-10-17-16(20)13-6-8-14(9-7-13)19(2)3/h6-9,11H,4-5,10H2,1-3H3,(H,17,20). The van der Waals surface area contributed by atoms with Gasteiger partial charge in [-0.3, -0.25) is 4.79 Å². The number of nitrogens with zero attached hydrogens (tertiary/aromatic N) is 2. The first kappa shape index (κ1) is 15.5. The summed E-state index contributed by atoms with van der Waals surface area (Å²) < 4.78 is 0. The largest absolute Gasteiger partial charge is 0.378 e. The van der Waals surface area contributed by atoms with E-state index in [1.54, 1.807) is 11.3 Å². The lowest BCUT2D eigenvalue weighted by Crippen LogP contribution is -2.24. The fraction of sp³-hybridized carbons (Fsp3) is 0.375. The monoisotopic (exact) mass is 303 g/mol. The second kappa shape index (κ2) is 7.22. The molecule has 0 unspecified atom stereocenters. The Bertz CT molecular complexity index is 590. The fourth-order valence-corrected chi connectivity index (χ4v) is 2.79. The highest BCUT2D eigenvalue weighted by Crippen LogP contribution is 2.12. The van der Waals surface area contributed by atoms with Crippen molar-refractivity contribution in [3.05, 3.63) is 45.9 Å². The van der Waals surface area contributed by atoms with E-state index >= 15 is 0 Å². The van der Waals surface area contributed by atoms with Gasteiger partial charge in [0.1, 0.15) is 0 Å². The highest BCUT2D eigenvalue weighted by Gasteiger charge is 2.05. The molecule has 5 heteroatoms. The molecule has 0 radical (unpaired) electrons. The van der Waals surface area contributed by atoms with Crippen LogP contribution < -0.4 is 10.2 Å². The molecule has 1 aromatic carbocycles. The number of benzene rings is 1. The molecule has 0 bridgehead atoms. The van der Waals surface area contributed by atoms with Gasteiger partial charge in [-0.15, -0.1) is 11.3 Å². The molecule has 112 valence electrons. The molecule has 1 heterocycles. The van der Waals surface area contributed by atoms with E-state index in [-0.39, 0.29) is 5.91 Å². The van der Waals surface area contributed by atoms with Gasteiger partial charge in [0.15, 0.2) is 0 Å². The predicted octanol–water partition coefficient (Wildman–Crippen LogP) is 2.88. The van der Waals surface area contributed by atoms with E-state index in [0.29, 0.717) is 12.1 Å². The Hall–Kier alpha value is -1.88. The van der Waals surface area contributed by atoms with Crippen molar-refractivity contribution in [1.29, 1.82) is 0 Å². The summed E-state index contributed by atoms with van der Waals surface area (Å²) in [4.78, 5) is 18.4. The van der Waals surface area contributed by atoms with Crippen LogP contribution >= 0.6 is 11.3 Å². The van der Waals surface area contributed by atoms with E-state index < -0.39 is 0 Å². The SMILES string of the molecule is Cc1csc(CCCNC(=O)c2ccc(N(C)C)cc2)n1. The average Bonchev–Trinajstić information content (AvgIpc) is 2.89. The lowest BCUT2D eigenvalue weighted by molar-refractivity contribution is 0.0953. The summed E-state index contributed by atoms with van der Waals surface area (Å²) in [6.07, 6.45) is 1.83. The summed E-state index contributed by atoms with van der Waals surface area (Å²) in [7, 11) is 3.96. The van der Waals surface area contributed by atoms with Crippen molar-refractivity contribution < 1.29 is 4.79 Å². The van der Waals surface area contributed by atoms with Crippen LogP contribution in [0.15, 0.2) is 29.6 Å². The topological polar surface area (TPSA) is 45.2 Å². The number of hydrogen-bond acceptors (Lipinski definition) is 4. The highest BCUT2D eigenvalue weighted by atomic mass is 32.1. The molecule has 0 spiro atoms. The van der Waals surface area contributed by atoms with Crippen LogP contribution in [0, 0.1) is 6.92 Å². The smallest absolute Gasteiger partial charge is 0.251 e. The van der Waals surface area contributed by atoms with Gasteiger partial charge in [-0.1, -0.05) is 0 Å². The van der Waals surface area contributed by atoms with Gasteiger partial charge >= 0.3 is 0 Å². The van der Waals surface area contributed by atoms with Crippen LogP contribution in [0.2, 0.25) is 0 Å². The first-order chi connectivity index (χ1) is 10.1. The molecule has 0 aliphatic heterocycles. The van der Waals surface area contributed by atoms with E-state index in [4.69, 9.17) is 0 Å². The summed E-state index contributed by atoms with van der Waals surface area (Å²) in [5, 5.41) is 6.14. The van der Waals surface area contributed by atoms with Gasteiger partial charge in [0.25, 0.3) is 5.91 Å². The molecule has 21 heavy (non-hydrogen) atoms. The lowest BCUT2D eigenvalue weighted by Gasteiger charge is -2.12. The maximum atomic E-state index is 12.0. The van der Waals surface area contributed by atoms with Crippen LogP contribution in [0.4, 0.5) is 5.69 Å². The van der Waals surface area contributed by atoms with Crippen molar-refractivity contribution in [3.63, 3.8) is 0 Å². The first-order valence-electron chi connectivity index (χ1n) is 7.03. The third-order valence-corrected chi connectivity index (χ3v) is 4.19. The van der Waals surface area contributed by atoms with Crippen LogP contribution in [0.3, 0.4) is 0 Å². The quantitative estimate of drug-likeness (QED) is 0.835. The zero-order valence-electron chi connectivity index (χ0n) is 12.7.